The molecule has 0 aliphatic heterocycles. The van der Waals surface area contributed by atoms with E-state index in [4.69, 9.17) is 4.74 Å². The van der Waals surface area contributed by atoms with Crippen LogP contribution in [-0.2, 0) is 9.53 Å². The van der Waals surface area contributed by atoms with Gasteiger partial charge in [-0.05, 0) is 49.2 Å². The van der Waals surface area contributed by atoms with Crippen LogP contribution < -0.4 is 5.32 Å². The Kier molecular flexibility index (Phi) is 5.84. The standard InChI is InChI=1S/C23H20FNO3/c1-15-11-12-16(2)20(13-15)25-22(26)21(17-7-4-3-5-8-17)28-23(27)18-9-6-10-19(24)14-18/h3-14,21H,1-2H3,(H,25,26)/t21-/m0/s1. The highest BCUT2D eigenvalue weighted by atomic mass is 19.1. The molecule has 0 unspecified atom stereocenters. The number of carbonyl (C=O) groups excluding carboxylic acids is 2. The summed E-state index contributed by atoms with van der Waals surface area (Å²) in [4.78, 5) is 25.4. The van der Waals surface area contributed by atoms with Gasteiger partial charge in [0.25, 0.3) is 5.91 Å². The highest BCUT2D eigenvalue weighted by molar-refractivity contribution is 5.98. The van der Waals surface area contributed by atoms with E-state index in [-0.39, 0.29) is 5.56 Å². The van der Waals surface area contributed by atoms with Crippen molar-refractivity contribution in [2.24, 2.45) is 0 Å². The van der Waals surface area contributed by atoms with Crippen molar-refractivity contribution in [2.75, 3.05) is 5.32 Å². The molecule has 1 N–H and O–H groups in total. The molecule has 1 atom stereocenters. The molecule has 0 aromatic heterocycles. The summed E-state index contributed by atoms with van der Waals surface area (Å²) in [6.07, 6.45) is -1.17. The van der Waals surface area contributed by atoms with Gasteiger partial charge in [-0.2, -0.15) is 0 Å². The van der Waals surface area contributed by atoms with Gasteiger partial charge < -0.3 is 10.1 Å². The monoisotopic (exact) mass is 377 g/mol. The van der Waals surface area contributed by atoms with Gasteiger partial charge in [-0.3, -0.25) is 4.79 Å². The quantitative estimate of drug-likeness (QED) is 0.638. The molecule has 0 spiro atoms. The van der Waals surface area contributed by atoms with Crippen LogP contribution in [0.3, 0.4) is 0 Å². The van der Waals surface area contributed by atoms with Crippen molar-refractivity contribution in [1.29, 1.82) is 0 Å². The second kappa shape index (κ2) is 8.48. The summed E-state index contributed by atoms with van der Waals surface area (Å²) in [5, 5.41) is 2.83. The molecule has 0 heterocycles. The van der Waals surface area contributed by atoms with Crippen molar-refractivity contribution in [3.8, 4) is 0 Å². The summed E-state index contributed by atoms with van der Waals surface area (Å²) in [5.41, 5.74) is 3.10. The van der Waals surface area contributed by atoms with Gasteiger partial charge in [0.2, 0.25) is 6.10 Å². The Balaban J connectivity index is 1.88. The second-order valence-electron chi connectivity index (χ2n) is 6.51. The maximum absolute atomic E-state index is 13.4. The summed E-state index contributed by atoms with van der Waals surface area (Å²) in [6, 6.07) is 19.6. The van der Waals surface area contributed by atoms with Gasteiger partial charge >= 0.3 is 5.97 Å². The predicted molar refractivity (Wildman–Crippen MR) is 106 cm³/mol. The van der Waals surface area contributed by atoms with Crippen molar-refractivity contribution >= 4 is 17.6 Å². The van der Waals surface area contributed by atoms with E-state index in [1.165, 1.54) is 18.2 Å². The van der Waals surface area contributed by atoms with Crippen LogP contribution in [0, 0.1) is 19.7 Å². The number of carbonyl (C=O) groups is 2. The molecule has 3 aromatic carbocycles. The first kappa shape index (κ1) is 19.3. The van der Waals surface area contributed by atoms with Crippen LogP contribution in [0.4, 0.5) is 10.1 Å². The zero-order valence-electron chi connectivity index (χ0n) is 15.6. The largest absolute Gasteiger partial charge is 0.444 e. The molecule has 0 bridgehead atoms. The number of nitrogens with one attached hydrogen (secondary N) is 1. The van der Waals surface area contributed by atoms with Crippen LogP contribution in [0.5, 0.6) is 0 Å². The predicted octanol–water partition coefficient (Wildman–Crippen LogP) is 4.98. The third-order valence-electron chi connectivity index (χ3n) is 4.28. The fourth-order valence-corrected chi connectivity index (χ4v) is 2.76. The molecule has 0 radical (unpaired) electrons. The summed E-state index contributed by atoms with van der Waals surface area (Å²) < 4.78 is 18.9. The molecule has 0 saturated carbocycles. The molecular weight excluding hydrogens is 357 g/mol. The highest BCUT2D eigenvalue weighted by Crippen LogP contribution is 2.24. The highest BCUT2D eigenvalue weighted by Gasteiger charge is 2.26. The fourth-order valence-electron chi connectivity index (χ4n) is 2.76. The number of aryl methyl sites for hydroxylation is 2. The second-order valence-corrected chi connectivity index (χ2v) is 6.51. The van der Waals surface area contributed by atoms with E-state index < -0.39 is 23.8 Å². The molecule has 0 fully saturated rings. The van der Waals surface area contributed by atoms with E-state index in [0.717, 1.165) is 17.2 Å². The van der Waals surface area contributed by atoms with Crippen LogP contribution in [0.15, 0.2) is 72.8 Å². The molecule has 3 rings (SSSR count). The molecule has 0 aliphatic carbocycles. The van der Waals surface area contributed by atoms with Crippen LogP contribution in [0.25, 0.3) is 0 Å². The Morgan fingerprint density at radius 2 is 1.68 bits per heavy atom. The molecule has 28 heavy (non-hydrogen) atoms. The van der Waals surface area contributed by atoms with E-state index in [1.807, 2.05) is 32.0 Å². The average Bonchev–Trinajstić information content (AvgIpc) is 2.69. The maximum atomic E-state index is 13.4. The lowest BCUT2D eigenvalue weighted by molar-refractivity contribution is -0.125. The number of esters is 1. The Bertz CT molecular complexity index is 1000. The van der Waals surface area contributed by atoms with Crippen molar-refractivity contribution in [2.45, 2.75) is 20.0 Å². The average molecular weight is 377 g/mol. The molecule has 1 amide bonds. The normalized spacial score (nSPS) is 11.5. The number of hydrogen-bond donors (Lipinski definition) is 1. The Morgan fingerprint density at radius 1 is 0.929 bits per heavy atom. The molecule has 3 aromatic rings. The number of anilines is 1. The van der Waals surface area contributed by atoms with Gasteiger partial charge in [-0.25, -0.2) is 9.18 Å². The Labute approximate surface area is 163 Å². The van der Waals surface area contributed by atoms with Gasteiger partial charge in [0, 0.05) is 11.3 Å². The Morgan fingerprint density at radius 3 is 2.39 bits per heavy atom. The van der Waals surface area contributed by atoms with Gasteiger partial charge in [-0.1, -0.05) is 48.5 Å². The van der Waals surface area contributed by atoms with Crippen molar-refractivity contribution in [3.05, 3.63) is 101 Å². The third kappa shape index (κ3) is 4.62. The Hall–Kier alpha value is -3.47. The van der Waals surface area contributed by atoms with Crippen LogP contribution in [-0.4, -0.2) is 11.9 Å². The minimum absolute atomic E-state index is 0.0421. The molecule has 5 heteroatoms. The minimum Gasteiger partial charge on any atom is -0.444 e. The first-order valence-electron chi connectivity index (χ1n) is 8.83. The van der Waals surface area contributed by atoms with E-state index in [9.17, 15) is 14.0 Å². The van der Waals surface area contributed by atoms with E-state index in [0.29, 0.717) is 11.3 Å². The molecule has 142 valence electrons. The summed E-state index contributed by atoms with van der Waals surface area (Å²) in [5.74, 6) is -1.81. The van der Waals surface area contributed by atoms with E-state index in [1.54, 1.807) is 30.3 Å². The molecular formula is C23H20FNO3. The van der Waals surface area contributed by atoms with Crippen molar-refractivity contribution < 1.29 is 18.7 Å². The number of hydrogen-bond acceptors (Lipinski definition) is 3. The SMILES string of the molecule is Cc1ccc(C)c(NC(=O)[C@@H](OC(=O)c2cccc(F)c2)c2ccccc2)c1. The lowest BCUT2D eigenvalue weighted by Crippen LogP contribution is -2.26. The smallest absolute Gasteiger partial charge is 0.339 e. The zero-order chi connectivity index (χ0) is 20.1. The summed E-state index contributed by atoms with van der Waals surface area (Å²) in [6.45, 7) is 3.80. The lowest BCUT2D eigenvalue weighted by Gasteiger charge is -2.19. The van der Waals surface area contributed by atoms with Crippen LogP contribution in [0.2, 0.25) is 0 Å². The van der Waals surface area contributed by atoms with E-state index in [2.05, 4.69) is 5.32 Å². The maximum Gasteiger partial charge on any atom is 0.339 e. The van der Waals surface area contributed by atoms with Crippen LogP contribution >= 0.6 is 0 Å². The summed E-state index contributed by atoms with van der Waals surface area (Å²) in [7, 11) is 0. The lowest BCUT2D eigenvalue weighted by atomic mass is 10.1. The van der Waals surface area contributed by atoms with E-state index >= 15 is 0 Å². The fraction of sp³-hybridized carbons (Fsp3) is 0.130. The van der Waals surface area contributed by atoms with Gasteiger partial charge in [-0.15, -0.1) is 0 Å². The number of amides is 1. The van der Waals surface area contributed by atoms with Gasteiger partial charge in [0.1, 0.15) is 5.82 Å². The first-order valence-corrected chi connectivity index (χ1v) is 8.83. The third-order valence-corrected chi connectivity index (χ3v) is 4.28. The topological polar surface area (TPSA) is 55.4 Å². The van der Waals surface area contributed by atoms with Crippen LogP contribution in [0.1, 0.15) is 33.2 Å². The minimum atomic E-state index is -1.17. The number of halogens is 1. The molecule has 0 saturated heterocycles. The molecule has 4 nitrogen and oxygen atoms in total. The zero-order valence-corrected chi connectivity index (χ0v) is 15.6. The number of benzene rings is 3. The first-order chi connectivity index (χ1) is 13.4. The van der Waals surface area contributed by atoms with Gasteiger partial charge in [0.15, 0.2) is 0 Å². The summed E-state index contributed by atoms with van der Waals surface area (Å²) >= 11 is 0. The van der Waals surface area contributed by atoms with Crippen molar-refractivity contribution in [3.63, 3.8) is 0 Å². The number of rotatable bonds is 5. The number of ether oxygens (including phenoxy) is 1. The molecule has 0 aliphatic rings. The van der Waals surface area contributed by atoms with Gasteiger partial charge in [0.05, 0.1) is 5.56 Å². The van der Waals surface area contributed by atoms with Crippen molar-refractivity contribution in [1.82, 2.24) is 0 Å².